The number of Topliss-reactive ketones (excluding diaryl/α,β-unsaturated/α-hetero) is 4. The van der Waals surface area contributed by atoms with E-state index in [0.29, 0.717) is 37.2 Å². The molecule has 11 heteroatoms. The van der Waals surface area contributed by atoms with Crippen LogP contribution in [0.4, 0.5) is 0 Å². The van der Waals surface area contributed by atoms with Crippen LogP contribution in [0.1, 0.15) is 100 Å². The summed E-state index contributed by atoms with van der Waals surface area (Å²) in [5.41, 5.74) is 1.46. The normalized spacial score (nSPS) is 14.4. The van der Waals surface area contributed by atoms with Gasteiger partial charge in [0.1, 0.15) is 11.5 Å². The van der Waals surface area contributed by atoms with Crippen molar-refractivity contribution in [3.63, 3.8) is 0 Å². The van der Waals surface area contributed by atoms with Gasteiger partial charge in [0.15, 0.2) is 23.1 Å². The molecule has 2 amide bonds. The number of allylic oxidation sites excluding steroid dienone is 4. The summed E-state index contributed by atoms with van der Waals surface area (Å²) in [6.07, 6.45) is 2.59. The highest BCUT2D eigenvalue weighted by Gasteiger charge is 2.33. The standard InChI is InChI=1S/C35H39N3O8/c1-20-22(34(45)30-24(32(20)43)8-5-10-26(30)39)12-14-28(41)37-18-4-3-16-36-17-7-19-38-29(42)15-13-23-21(2)33(44)25-9-6-11-27(40)31(25)35(23)46/h5-6,8-11,36,39-40H,3-4,7,12-19H2,1-2H3,(H,37,41)(H,38,42). The van der Waals surface area contributed by atoms with E-state index in [-0.39, 0.29) is 94.0 Å². The van der Waals surface area contributed by atoms with Crippen molar-refractivity contribution in [1.82, 2.24) is 16.0 Å². The van der Waals surface area contributed by atoms with E-state index < -0.39 is 11.6 Å². The van der Waals surface area contributed by atoms with Gasteiger partial charge in [0, 0.05) is 59.4 Å². The minimum Gasteiger partial charge on any atom is -0.507 e. The first-order valence-electron chi connectivity index (χ1n) is 15.5. The van der Waals surface area contributed by atoms with E-state index in [0.717, 1.165) is 19.4 Å². The van der Waals surface area contributed by atoms with E-state index in [1.807, 2.05) is 0 Å². The number of fused-ring (bicyclic) bond motifs is 2. The molecule has 0 bridgehead atoms. The van der Waals surface area contributed by atoms with Crippen LogP contribution < -0.4 is 16.0 Å². The van der Waals surface area contributed by atoms with Gasteiger partial charge in [0.25, 0.3) is 0 Å². The Morgan fingerprint density at radius 1 is 0.587 bits per heavy atom. The molecule has 0 saturated carbocycles. The molecule has 2 aromatic carbocycles. The third-order valence-electron chi connectivity index (χ3n) is 8.32. The van der Waals surface area contributed by atoms with Crippen molar-refractivity contribution in [3.8, 4) is 11.5 Å². The molecule has 2 aromatic rings. The van der Waals surface area contributed by atoms with Crippen molar-refractivity contribution < 1.29 is 39.0 Å². The molecule has 2 aliphatic rings. The van der Waals surface area contributed by atoms with Gasteiger partial charge >= 0.3 is 0 Å². The summed E-state index contributed by atoms with van der Waals surface area (Å²) in [6, 6.07) is 8.79. The molecule has 11 nitrogen and oxygen atoms in total. The number of hydrogen-bond donors (Lipinski definition) is 5. The fraction of sp³-hybridized carbons (Fsp3) is 0.371. The average molecular weight is 630 g/mol. The van der Waals surface area contributed by atoms with E-state index in [2.05, 4.69) is 16.0 Å². The Balaban J connectivity index is 1.04. The average Bonchev–Trinajstić information content (AvgIpc) is 3.03. The summed E-state index contributed by atoms with van der Waals surface area (Å²) < 4.78 is 0. The second kappa shape index (κ2) is 15.4. The smallest absolute Gasteiger partial charge is 0.220 e. The topological polar surface area (TPSA) is 179 Å². The van der Waals surface area contributed by atoms with E-state index >= 15 is 0 Å². The minimum absolute atomic E-state index is 0.00300. The highest BCUT2D eigenvalue weighted by atomic mass is 16.3. The number of hydrogen-bond acceptors (Lipinski definition) is 9. The van der Waals surface area contributed by atoms with E-state index in [4.69, 9.17) is 0 Å². The van der Waals surface area contributed by atoms with Crippen LogP contribution >= 0.6 is 0 Å². The number of carbonyl (C=O) groups is 6. The molecule has 5 N–H and O–H groups in total. The molecule has 0 aliphatic heterocycles. The van der Waals surface area contributed by atoms with Crippen LogP contribution in [0.15, 0.2) is 58.7 Å². The molecule has 0 saturated heterocycles. The van der Waals surface area contributed by atoms with Crippen molar-refractivity contribution >= 4 is 34.9 Å². The van der Waals surface area contributed by atoms with Crippen LogP contribution in [0.2, 0.25) is 0 Å². The number of amides is 2. The van der Waals surface area contributed by atoms with Gasteiger partial charge in [0.2, 0.25) is 11.8 Å². The summed E-state index contributed by atoms with van der Waals surface area (Å²) in [7, 11) is 0. The quantitative estimate of drug-likeness (QED) is 0.184. The summed E-state index contributed by atoms with van der Waals surface area (Å²) in [5, 5.41) is 29.1. The zero-order valence-corrected chi connectivity index (χ0v) is 26.1. The number of nitrogens with one attached hydrogen (secondary N) is 3. The fourth-order valence-corrected chi connectivity index (χ4v) is 5.68. The molecule has 0 fully saturated rings. The lowest BCUT2D eigenvalue weighted by Crippen LogP contribution is -2.29. The number of benzene rings is 2. The zero-order chi connectivity index (χ0) is 33.4. The Hall–Kier alpha value is -4.90. The number of phenolic OH excluding ortho intramolecular Hbond substituents is 2. The van der Waals surface area contributed by atoms with Crippen LogP contribution in [0.3, 0.4) is 0 Å². The fourth-order valence-electron chi connectivity index (χ4n) is 5.68. The molecule has 0 unspecified atom stereocenters. The van der Waals surface area contributed by atoms with Gasteiger partial charge < -0.3 is 26.2 Å². The van der Waals surface area contributed by atoms with Crippen molar-refractivity contribution in [3.05, 3.63) is 80.9 Å². The molecule has 0 radical (unpaired) electrons. The SMILES string of the molecule is CC1=C(CCC(=O)NCCCCNCCCNC(=O)CCC2=C(C)C(=O)c3cccc(O)c3C2=O)C(=O)c2c(O)cccc2C1=O. The van der Waals surface area contributed by atoms with Crippen LogP contribution in [0.25, 0.3) is 0 Å². The predicted octanol–water partition coefficient (Wildman–Crippen LogP) is 3.74. The van der Waals surface area contributed by atoms with Crippen LogP contribution in [-0.4, -0.2) is 71.3 Å². The molecule has 0 aromatic heterocycles. The molecule has 242 valence electrons. The minimum atomic E-state index is -0.420. The largest absolute Gasteiger partial charge is 0.507 e. The Labute approximate surface area is 267 Å². The lowest BCUT2D eigenvalue weighted by molar-refractivity contribution is -0.121. The first-order chi connectivity index (χ1) is 22.0. The second-order valence-electron chi connectivity index (χ2n) is 11.4. The summed E-state index contributed by atoms with van der Waals surface area (Å²) >= 11 is 0. The van der Waals surface area contributed by atoms with Crippen molar-refractivity contribution in [2.24, 2.45) is 0 Å². The molecule has 0 spiro atoms. The summed E-state index contributed by atoms with van der Waals surface area (Å²) in [4.78, 5) is 75.7. The lowest BCUT2D eigenvalue weighted by atomic mass is 9.82. The Kier molecular flexibility index (Phi) is 11.4. The summed E-state index contributed by atoms with van der Waals surface area (Å²) in [6.45, 7) is 5.47. The maximum Gasteiger partial charge on any atom is 0.220 e. The zero-order valence-electron chi connectivity index (χ0n) is 26.1. The van der Waals surface area contributed by atoms with Crippen LogP contribution in [0, 0.1) is 0 Å². The van der Waals surface area contributed by atoms with Crippen molar-refractivity contribution in [2.45, 2.75) is 58.8 Å². The van der Waals surface area contributed by atoms with E-state index in [9.17, 15) is 39.0 Å². The number of phenols is 2. The number of carbonyl (C=O) groups excluding carboxylic acids is 6. The molecular weight excluding hydrogens is 590 g/mol. The molecule has 4 rings (SSSR count). The van der Waals surface area contributed by atoms with Gasteiger partial charge in [-0.15, -0.1) is 0 Å². The number of unbranched alkanes of at least 4 members (excludes halogenated alkanes) is 1. The van der Waals surface area contributed by atoms with Crippen LogP contribution in [0.5, 0.6) is 11.5 Å². The van der Waals surface area contributed by atoms with Gasteiger partial charge in [-0.05, 0) is 71.2 Å². The summed E-state index contributed by atoms with van der Waals surface area (Å²) in [5.74, 6) is -2.40. The third kappa shape index (κ3) is 7.66. The highest BCUT2D eigenvalue weighted by Crippen LogP contribution is 2.34. The number of ketones is 4. The monoisotopic (exact) mass is 629 g/mol. The maximum atomic E-state index is 12.9. The van der Waals surface area contributed by atoms with Gasteiger partial charge in [0.05, 0.1) is 11.1 Å². The Morgan fingerprint density at radius 2 is 1.00 bits per heavy atom. The molecule has 46 heavy (non-hydrogen) atoms. The highest BCUT2D eigenvalue weighted by molar-refractivity contribution is 6.28. The van der Waals surface area contributed by atoms with Crippen LogP contribution in [-0.2, 0) is 9.59 Å². The third-order valence-corrected chi connectivity index (χ3v) is 8.32. The molecule has 0 heterocycles. The molecule has 0 atom stereocenters. The van der Waals surface area contributed by atoms with Gasteiger partial charge in [-0.1, -0.05) is 24.3 Å². The molecule has 2 aliphatic carbocycles. The van der Waals surface area contributed by atoms with Gasteiger partial charge in [-0.2, -0.15) is 0 Å². The maximum absolute atomic E-state index is 12.9. The van der Waals surface area contributed by atoms with Gasteiger partial charge in [-0.25, -0.2) is 0 Å². The number of aromatic hydroxyl groups is 2. The second-order valence-corrected chi connectivity index (χ2v) is 11.4. The predicted molar refractivity (Wildman–Crippen MR) is 170 cm³/mol. The van der Waals surface area contributed by atoms with E-state index in [1.165, 1.54) is 36.4 Å². The first kappa shape index (κ1) is 34.0. The van der Waals surface area contributed by atoms with Crippen molar-refractivity contribution in [1.29, 1.82) is 0 Å². The molecular formula is C35H39N3O8. The van der Waals surface area contributed by atoms with Crippen molar-refractivity contribution in [2.75, 3.05) is 26.2 Å². The first-order valence-corrected chi connectivity index (χ1v) is 15.5. The lowest BCUT2D eigenvalue weighted by Gasteiger charge is -2.19. The number of rotatable bonds is 15. The van der Waals surface area contributed by atoms with Gasteiger partial charge in [-0.3, -0.25) is 28.8 Å². The Morgan fingerprint density at radius 3 is 1.48 bits per heavy atom. The Bertz CT molecular complexity index is 1530. The van der Waals surface area contributed by atoms with E-state index in [1.54, 1.807) is 13.8 Å².